The molecule has 0 aromatic carbocycles. The number of rotatable bonds is 7. The summed E-state index contributed by atoms with van der Waals surface area (Å²) in [5.41, 5.74) is 6.27. The molecule has 0 aliphatic carbocycles. The summed E-state index contributed by atoms with van der Waals surface area (Å²) in [4.78, 5) is 3.90. The van der Waals surface area contributed by atoms with E-state index in [1.54, 1.807) is 18.3 Å². The lowest BCUT2D eigenvalue weighted by Gasteiger charge is -2.06. The summed E-state index contributed by atoms with van der Waals surface area (Å²) in [6, 6.07) is 3.35. The second-order valence-electron chi connectivity index (χ2n) is 3.17. The third kappa shape index (κ3) is 4.99. The van der Waals surface area contributed by atoms with Crippen molar-refractivity contribution >= 4 is 0 Å². The molecular weight excluding hydrogens is 216 g/mol. The number of nitrogens with two attached hydrogens (primary N) is 1. The minimum atomic E-state index is -2.48. The topological polar surface area (TPSA) is 60.2 Å². The fourth-order valence-electron chi connectivity index (χ4n) is 1.08. The van der Waals surface area contributed by atoms with Crippen molar-refractivity contribution in [3.63, 3.8) is 0 Å². The van der Waals surface area contributed by atoms with Crippen LogP contribution in [-0.4, -0.2) is 31.1 Å². The molecule has 1 heterocycles. The Balaban J connectivity index is 2.35. The smallest absolute Gasteiger partial charge is 0.272 e. The Morgan fingerprint density at radius 1 is 1.44 bits per heavy atom. The molecule has 0 fully saturated rings. The van der Waals surface area contributed by atoms with E-state index in [2.05, 4.69) is 10.3 Å². The Hall–Kier alpha value is -1.27. The molecule has 1 aromatic heterocycles. The van der Waals surface area contributed by atoms with Crippen molar-refractivity contribution in [3.8, 4) is 5.88 Å². The lowest BCUT2D eigenvalue weighted by molar-refractivity contribution is 0.0796. The van der Waals surface area contributed by atoms with Gasteiger partial charge in [0.25, 0.3) is 6.43 Å². The van der Waals surface area contributed by atoms with E-state index in [4.69, 9.17) is 10.5 Å². The number of nitrogens with zero attached hydrogens (tertiary/aromatic N) is 1. The average molecular weight is 231 g/mol. The molecule has 0 saturated carbocycles. The van der Waals surface area contributed by atoms with Crippen LogP contribution in [0, 0.1) is 0 Å². The standard InChI is InChI=1S/C10H15F2N3O/c11-9(12)7-16-10-2-1-8(6-15-10)5-14-4-3-13/h1-2,6,9,14H,3-5,7,13H2. The zero-order valence-electron chi connectivity index (χ0n) is 8.83. The average Bonchev–Trinajstić information content (AvgIpc) is 2.28. The number of pyridine rings is 1. The Labute approximate surface area is 92.8 Å². The Morgan fingerprint density at radius 2 is 2.25 bits per heavy atom. The van der Waals surface area contributed by atoms with Crippen LogP contribution in [0.25, 0.3) is 0 Å². The molecule has 0 saturated heterocycles. The molecule has 4 nitrogen and oxygen atoms in total. The SMILES string of the molecule is NCCNCc1ccc(OCC(F)F)nc1. The molecule has 0 aliphatic rings. The quantitative estimate of drug-likeness (QED) is 0.681. The van der Waals surface area contributed by atoms with Crippen LogP contribution in [0.1, 0.15) is 5.56 Å². The maximum absolute atomic E-state index is 11.8. The van der Waals surface area contributed by atoms with Crippen LogP contribution in [0.15, 0.2) is 18.3 Å². The van der Waals surface area contributed by atoms with E-state index in [0.29, 0.717) is 13.1 Å². The predicted octanol–water partition coefficient (Wildman–Crippen LogP) is 0.774. The Bertz CT molecular complexity index is 293. The van der Waals surface area contributed by atoms with E-state index in [9.17, 15) is 8.78 Å². The maximum Gasteiger partial charge on any atom is 0.272 e. The summed E-state index contributed by atoms with van der Waals surface area (Å²) < 4.78 is 28.4. The van der Waals surface area contributed by atoms with Gasteiger partial charge in [-0.15, -0.1) is 0 Å². The van der Waals surface area contributed by atoms with Gasteiger partial charge in [-0.25, -0.2) is 13.8 Å². The van der Waals surface area contributed by atoms with Gasteiger partial charge >= 0.3 is 0 Å². The van der Waals surface area contributed by atoms with Gasteiger partial charge in [-0.2, -0.15) is 0 Å². The summed E-state index contributed by atoms with van der Waals surface area (Å²) in [7, 11) is 0. The number of halogens is 2. The van der Waals surface area contributed by atoms with Gasteiger partial charge in [0.05, 0.1) is 0 Å². The van der Waals surface area contributed by atoms with Gasteiger partial charge in [-0.3, -0.25) is 0 Å². The molecule has 0 atom stereocenters. The first-order valence-corrected chi connectivity index (χ1v) is 4.99. The lowest BCUT2D eigenvalue weighted by Crippen LogP contribution is -2.21. The van der Waals surface area contributed by atoms with Gasteiger partial charge < -0.3 is 15.8 Å². The highest BCUT2D eigenvalue weighted by Crippen LogP contribution is 2.08. The van der Waals surface area contributed by atoms with Gasteiger partial charge in [-0.05, 0) is 5.56 Å². The molecule has 90 valence electrons. The summed E-state index contributed by atoms with van der Waals surface area (Å²) in [5.74, 6) is 0.211. The minimum Gasteiger partial charge on any atom is -0.472 e. The molecular formula is C10H15F2N3O. The van der Waals surface area contributed by atoms with Crippen molar-refractivity contribution in [2.24, 2.45) is 5.73 Å². The van der Waals surface area contributed by atoms with Crippen molar-refractivity contribution in [2.75, 3.05) is 19.7 Å². The fraction of sp³-hybridized carbons (Fsp3) is 0.500. The number of ether oxygens (including phenoxy) is 1. The lowest BCUT2D eigenvalue weighted by atomic mass is 10.3. The minimum absolute atomic E-state index is 0.211. The van der Waals surface area contributed by atoms with E-state index in [0.717, 1.165) is 12.1 Å². The van der Waals surface area contributed by atoms with E-state index < -0.39 is 13.0 Å². The monoisotopic (exact) mass is 231 g/mol. The van der Waals surface area contributed by atoms with Crippen LogP contribution in [0.3, 0.4) is 0 Å². The second kappa shape index (κ2) is 7.08. The first-order valence-electron chi connectivity index (χ1n) is 4.99. The summed E-state index contributed by atoms with van der Waals surface area (Å²) >= 11 is 0. The number of nitrogens with one attached hydrogen (secondary N) is 1. The fourth-order valence-corrected chi connectivity index (χ4v) is 1.08. The van der Waals surface area contributed by atoms with Crippen molar-refractivity contribution in [3.05, 3.63) is 23.9 Å². The third-order valence-corrected chi connectivity index (χ3v) is 1.81. The molecule has 0 unspecified atom stereocenters. The van der Waals surface area contributed by atoms with Gasteiger partial charge in [-0.1, -0.05) is 6.07 Å². The van der Waals surface area contributed by atoms with Crippen LogP contribution < -0.4 is 15.8 Å². The zero-order valence-corrected chi connectivity index (χ0v) is 8.83. The predicted molar refractivity (Wildman–Crippen MR) is 56.5 cm³/mol. The largest absolute Gasteiger partial charge is 0.472 e. The number of hydrogen-bond donors (Lipinski definition) is 2. The molecule has 0 amide bonds. The normalized spacial score (nSPS) is 10.8. The molecule has 16 heavy (non-hydrogen) atoms. The van der Waals surface area contributed by atoms with Gasteiger partial charge in [0.1, 0.15) is 0 Å². The van der Waals surface area contributed by atoms with Gasteiger partial charge in [0.15, 0.2) is 6.61 Å². The van der Waals surface area contributed by atoms with Crippen LogP contribution in [0.4, 0.5) is 8.78 Å². The molecule has 0 spiro atoms. The van der Waals surface area contributed by atoms with Crippen molar-refractivity contribution < 1.29 is 13.5 Å². The van der Waals surface area contributed by atoms with Crippen molar-refractivity contribution in [2.45, 2.75) is 13.0 Å². The van der Waals surface area contributed by atoms with Crippen LogP contribution in [0.5, 0.6) is 5.88 Å². The highest BCUT2D eigenvalue weighted by Gasteiger charge is 2.03. The van der Waals surface area contributed by atoms with E-state index in [1.165, 1.54) is 0 Å². The first-order chi connectivity index (χ1) is 7.72. The van der Waals surface area contributed by atoms with Crippen molar-refractivity contribution in [1.29, 1.82) is 0 Å². The highest BCUT2D eigenvalue weighted by atomic mass is 19.3. The molecule has 6 heteroatoms. The van der Waals surface area contributed by atoms with Gasteiger partial charge in [0.2, 0.25) is 5.88 Å². The van der Waals surface area contributed by atoms with Gasteiger partial charge in [0, 0.05) is 31.9 Å². The molecule has 1 aromatic rings. The first kappa shape index (κ1) is 12.8. The molecule has 1 rings (SSSR count). The molecule has 0 aliphatic heterocycles. The second-order valence-corrected chi connectivity index (χ2v) is 3.17. The van der Waals surface area contributed by atoms with Crippen LogP contribution >= 0.6 is 0 Å². The van der Waals surface area contributed by atoms with Crippen LogP contribution in [-0.2, 0) is 6.54 Å². The Kier molecular flexibility index (Phi) is 5.66. The van der Waals surface area contributed by atoms with E-state index >= 15 is 0 Å². The summed E-state index contributed by atoms with van der Waals surface area (Å²) in [6.07, 6.45) is -0.891. The van der Waals surface area contributed by atoms with Crippen molar-refractivity contribution in [1.82, 2.24) is 10.3 Å². The molecule has 0 bridgehead atoms. The highest BCUT2D eigenvalue weighted by molar-refractivity contribution is 5.17. The Morgan fingerprint density at radius 3 is 2.81 bits per heavy atom. The van der Waals surface area contributed by atoms with E-state index in [-0.39, 0.29) is 5.88 Å². The number of aromatic nitrogens is 1. The molecule has 3 N–H and O–H groups in total. The molecule has 0 radical (unpaired) electrons. The zero-order chi connectivity index (χ0) is 11.8. The van der Waals surface area contributed by atoms with Crippen LogP contribution in [0.2, 0.25) is 0 Å². The summed E-state index contributed by atoms with van der Waals surface area (Å²) in [6.45, 7) is 1.32. The maximum atomic E-state index is 11.8. The third-order valence-electron chi connectivity index (χ3n) is 1.81. The number of alkyl halides is 2. The summed E-state index contributed by atoms with van der Waals surface area (Å²) in [5, 5.41) is 3.10. The number of hydrogen-bond acceptors (Lipinski definition) is 4. The van der Waals surface area contributed by atoms with E-state index in [1.807, 2.05) is 0 Å².